The van der Waals surface area contributed by atoms with Gasteiger partial charge >= 0.3 is 5.00 Å². The van der Waals surface area contributed by atoms with Crippen molar-refractivity contribution in [2.75, 3.05) is 5.32 Å². The van der Waals surface area contributed by atoms with E-state index in [1.807, 2.05) is 17.5 Å². The molecule has 0 radical (unpaired) electrons. The summed E-state index contributed by atoms with van der Waals surface area (Å²) in [4.78, 5) is 10.3. The van der Waals surface area contributed by atoms with E-state index in [1.165, 1.54) is 5.56 Å². The molecular weight excluding hydrogens is 272 g/mol. The first-order chi connectivity index (χ1) is 9.36. The van der Waals surface area contributed by atoms with Gasteiger partial charge in [-0.1, -0.05) is 44.2 Å². The van der Waals surface area contributed by atoms with Crippen LogP contribution in [0.4, 0.5) is 10.7 Å². The topological polar surface area (TPSA) is 55.2 Å². The average Bonchev–Trinajstić information content (AvgIpc) is 2.85. The minimum atomic E-state index is -0.355. The highest BCUT2D eigenvalue weighted by Crippen LogP contribution is 2.25. The van der Waals surface area contributed by atoms with Crippen LogP contribution < -0.4 is 5.32 Å². The maximum absolute atomic E-state index is 10.6. The number of anilines is 1. The summed E-state index contributed by atoms with van der Waals surface area (Å²) in [5.41, 5.74) is 3.38. The van der Waals surface area contributed by atoms with Gasteiger partial charge in [-0.3, -0.25) is 10.1 Å². The molecule has 5 heteroatoms. The van der Waals surface area contributed by atoms with Gasteiger partial charge in [-0.2, -0.15) is 0 Å². The molecule has 1 heterocycles. The molecule has 0 atom stereocenters. The zero-order chi connectivity index (χ0) is 14.8. The predicted molar refractivity (Wildman–Crippen MR) is 83.4 cm³/mol. The molecule has 1 N–H and O–H groups in total. The number of hydrogen-bond acceptors (Lipinski definition) is 4. The van der Waals surface area contributed by atoms with Crippen molar-refractivity contribution in [1.29, 1.82) is 0 Å². The molecule has 2 rings (SSSR count). The van der Waals surface area contributed by atoms with Crippen LogP contribution in [0.5, 0.6) is 0 Å². The third-order valence-corrected chi connectivity index (χ3v) is 4.00. The zero-order valence-corrected chi connectivity index (χ0v) is 12.7. The highest BCUT2D eigenvalue weighted by Gasteiger charge is 2.13. The molecule has 20 heavy (non-hydrogen) atoms. The minimum Gasteiger partial charge on any atom is -0.381 e. The summed E-state index contributed by atoms with van der Waals surface area (Å²) in [7, 11) is 0. The van der Waals surface area contributed by atoms with E-state index < -0.39 is 0 Å². The highest BCUT2D eigenvalue weighted by molar-refractivity contribution is 7.13. The molecule has 0 aliphatic heterocycles. The van der Waals surface area contributed by atoms with Crippen LogP contribution >= 0.6 is 11.3 Å². The van der Waals surface area contributed by atoms with Crippen LogP contribution in [-0.4, -0.2) is 4.92 Å². The standard InChI is InChI=1S/C15H18N2O2S/c1-15(2,3)12-4-6-13(7-5-12)16-9-11-8-14(17(18)19)20-10-11/h4-8,10,16H,9H2,1-3H3. The number of thiophene rings is 1. The van der Waals surface area contributed by atoms with Crippen LogP contribution in [0.2, 0.25) is 0 Å². The fourth-order valence-corrected chi connectivity index (χ4v) is 2.57. The molecule has 0 spiro atoms. The molecule has 0 fully saturated rings. The molecule has 1 aromatic heterocycles. The van der Waals surface area contributed by atoms with Crippen molar-refractivity contribution in [1.82, 2.24) is 0 Å². The Morgan fingerprint density at radius 2 is 1.90 bits per heavy atom. The number of nitrogens with one attached hydrogen (secondary N) is 1. The number of benzene rings is 1. The largest absolute Gasteiger partial charge is 0.381 e. The Kier molecular flexibility index (Phi) is 4.09. The average molecular weight is 290 g/mol. The Morgan fingerprint density at radius 3 is 2.40 bits per heavy atom. The summed E-state index contributed by atoms with van der Waals surface area (Å²) in [5.74, 6) is 0. The first-order valence-corrected chi connectivity index (χ1v) is 7.30. The number of nitro groups is 1. The first kappa shape index (κ1) is 14.5. The van der Waals surface area contributed by atoms with Crippen LogP contribution in [0.1, 0.15) is 31.9 Å². The molecule has 0 unspecified atom stereocenters. The van der Waals surface area contributed by atoms with Gasteiger partial charge < -0.3 is 5.32 Å². The first-order valence-electron chi connectivity index (χ1n) is 6.42. The van der Waals surface area contributed by atoms with E-state index in [-0.39, 0.29) is 15.3 Å². The Bertz CT molecular complexity index is 597. The van der Waals surface area contributed by atoms with Gasteiger partial charge in [0.15, 0.2) is 0 Å². The Labute approximate surface area is 122 Å². The predicted octanol–water partition coefficient (Wildman–Crippen LogP) is 4.57. The summed E-state index contributed by atoms with van der Waals surface area (Å²) in [6, 6.07) is 9.92. The number of nitrogens with zero attached hydrogens (tertiary/aromatic N) is 1. The van der Waals surface area contributed by atoms with E-state index in [2.05, 4.69) is 38.2 Å². The zero-order valence-electron chi connectivity index (χ0n) is 11.8. The second kappa shape index (κ2) is 5.63. The smallest absolute Gasteiger partial charge is 0.324 e. The van der Waals surface area contributed by atoms with Crippen molar-refractivity contribution >= 4 is 22.0 Å². The van der Waals surface area contributed by atoms with E-state index >= 15 is 0 Å². The third kappa shape index (κ3) is 3.57. The van der Waals surface area contributed by atoms with Crippen molar-refractivity contribution in [3.63, 3.8) is 0 Å². The molecule has 0 aliphatic rings. The molecule has 0 saturated heterocycles. The summed E-state index contributed by atoms with van der Waals surface area (Å²) >= 11 is 1.16. The van der Waals surface area contributed by atoms with Gasteiger partial charge in [0.25, 0.3) is 0 Å². The van der Waals surface area contributed by atoms with Crippen LogP contribution in [0.15, 0.2) is 35.7 Å². The SMILES string of the molecule is CC(C)(C)c1ccc(NCc2csc([N+](=O)[O-])c2)cc1. The number of rotatable bonds is 4. The lowest BCUT2D eigenvalue weighted by Crippen LogP contribution is -2.10. The van der Waals surface area contributed by atoms with Gasteiger partial charge in [0, 0.05) is 23.7 Å². The van der Waals surface area contributed by atoms with E-state index in [4.69, 9.17) is 0 Å². The molecule has 1 aromatic carbocycles. The van der Waals surface area contributed by atoms with E-state index in [0.29, 0.717) is 6.54 Å². The van der Waals surface area contributed by atoms with Crippen LogP contribution in [0, 0.1) is 10.1 Å². The van der Waals surface area contributed by atoms with Gasteiger partial charge in [0.1, 0.15) is 0 Å². The van der Waals surface area contributed by atoms with Crippen LogP contribution in [0.25, 0.3) is 0 Å². The fraction of sp³-hybridized carbons (Fsp3) is 0.333. The van der Waals surface area contributed by atoms with Gasteiger partial charge in [-0.25, -0.2) is 0 Å². The van der Waals surface area contributed by atoms with Gasteiger partial charge in [-0.05, 0) is 28.7 Å². The molecule has 0 saturated carbocycles. The molecule has 0 aliphatic carbocycles. The van der Waals surface area contributed by atoms with Crippen molar-refractivity contribution < 1.29 is 4.92 Å². The summed E-state index contributed by atoms with van der Waals surface area (Å²) in [5, 5.41) is 15.9. The Morgan fingerprint density at radius 1 is 1.25 bits per heavy atom. The fourth-order valence-electron chi connectivity index (χ4n) is 1.84. The van der Waals surface area contributed by atoms with Crippen molar-refractivity contribution in [3.8, 4) is 0 Å². The van der Waals surface area contributed by atoms with Gasteiger partial charge in [0.2, 0.25) is 0 Å². The van der Waals surface area contributed by atoms with Crippen LogP contribution in [0.3, 0.4) is 0 Å². The van der Waals surface area contributed by atoms with Crippen LogP contribution in [-0.2, 0) is 12.0 Å². The summed E-state index contributed by atoms with van der Waals surface area (Å²) in [6.45, 7) is 7.14. The Hall–Kier alpha value is -1.88. The molecule has 106 valence electrons. The summed E-state index contributed by atoms with van der Waals surface area (Å²) < 4.78 is 0. The second-order valence-electron chi connectivity index (χ2n) is 5.73. The molecule has 4 nitrogen and oxygen atoms in total. The van der Waals surface area contributed by atoms with E-state index in [1.54, 1.807) is 6.07 Å². The van der Waals surface area contributed by atoms with Crippen molar-refractivity contribution in [2.24, 2.45) is 0 Å². The van der Waals surface area contributed by atoms with Gasteiger partial charge in [0.05, 0.1) is 4.92 Å². The van der Waals surface area contributed by atoms with E-state index in [0.717, 1.165) is 22.6 Å². The summed E-state index contributed by atoms with van der Waals surface area (Å²) in [6.07, 6.45) is 0. The highest BCUT2D eigenvalue weighted by atomic mass is 32.1. The Balaban J connectivity index is 1.98. The maximum atomic E-state index is 10.6. The molecular formula is C15H18N2O2S. The monoisotopic (exact) mass is 290 g/mol. The molecule has 0 bridgehead atoms. The van der Waals surface area contributed by atoms with Crippen molar-refractivity contribution in [3.05, 3.63) is 57.0 Å². The lowest BCUT2D eigenvalue weighted by molar-refractivity contribution is -0.380. The lowest BCUT2D eigenvalue weighted by Gasteiger charge is -2.19. The van der Waals surface area contributed by atoms with Crippen molar-refractivity contribution in [2.45, 2.75) is 32.7 Å². The normalized spacial score (nSPS) is 11.3. The quantitative estimate of drug-likeness (QED) is 0.663. The second-order valence-corrected chi connectivity index (χ2v) is 6.62. The maximum Gasteiger partial charge on any atom is 0.324 e. The number of hydrogen-bond donors (Lipinski definition) is 1. The van der Waals surface area contributed by atoms with Gasteiger partial charge in [-0.15, -0.1) is 0 Å². The minimum absolute atomic E-state index is 0.145. The lowest BCUT2D eigenvalue weighted by atomic mass is 9.87. The van der Waals surface area contributed by atoms with E-state index in [9.17, 15) is 10.1 Å². The molecule has 2 aromatic rings. The third-order valence-electron chi connectivity index (χ3n) is 3.07. The molecule has 0 amide bonds.